The van der Waals surface area contributed by atoms with Crippen LogP contribution in [0, 0.1) is 0 Å². The first-order valence-electron chi connectivity index (χ1n) is 13.8. The topological polar surface area (TPSA) is 28.6 Å². The number of aromatic nitrogens is 1. The van der Waals surface area contributed by atoms with Gasteiger partial charge in [0.15, 0.2) is 0 Å². The summed E-state index contributed by atoms with van der Waals surface area (Å²) in [5, 5.41) is 0. The lowest BCUT2D eigenvalue weighted by Gasteiger charge is -2.43. The minimum Gasteiger partial charge on any atom is -0.458 e. The highest BCUT2D eigenvalue weighted by Gasteiger charge is 2.45. The standard InChI is InChI=1S/C35H22BN3OS/c1-2-11-23(12-3-1)38-28-17-7-9-19-32(28)41-35-29(38)21-31-33-34(35)39(24-13-10-20-37-22-24)27-16-6-4-14-25(27)36(33)26-15-5-8-18-30(26)40-31/h1-22H. The van der Waals surface area contributed by atoms with Gasteiger partial charge in [0, 0.05) is 28.5 Å². The number of ether oxygens (including phenoxy) is 1. The summed E-state index contributed by atoms with van der Waals surface area (Å²) in [6.07, 6.45) is 3.79. The molecule has 0 saturated heterocycles. The summed E-state index contributed by atoms with van der Waals surface area (Å²) < 4.78 is 6.78. The zero-order valence-corrected chi connectivity index (χ0v) is 22.8. The van der Waals surface area contributed by atoms with E-state index in [1.165, 1.54) is 37.6 Å². The van der Waals surface area contributed by atoms with Crippen molar-refractivity contribution in [2.75, 3.05) is 9.80 Å². The molecule has 6 heteroatoms. The normalized spacial score (nSPS) is 13.8. The van der Waals surface area contributed by atoms with E-state index in [1.807, 2.05) is 30.2 Å². The maximum atomic E-state index is 6.78. The summed E-state index contributed by atoms with van der Waals surface area (Å²) in [5.41, 5.74) is 10.4. The Bertz CT molecular complexity index is 1980. The molecule has 0 spiro atoms. The Balaban J connectivity index is 1.42. The first-order chi connectivity index (χ1) is 20.4. The van der Waals surface area contributed by atoms with E-state index in [9.17, 15) is 0 Å². The van der Waals surface area contributed by atoms with E-state index < -0.39 is 0 Å². The molecule has 0 atom stereocenters. The molecule has 3 aliphatic heterocycles. The average Bonchev–Trinajstić information content (AvgIpc) is 3.04. The number of fused-ring (bicyclic) bond motifs is 7. The maximum absolute atomic E-state index is 6.78. The predicted octanol–water partition coefficient (Wildman–Crippen LogP) is 7.42. The minimum atomic E-state index is 0.0577. The van der Waals surface area contributed by atoms with Gasteiger partial charge < -0.3 is 14.5 Å². The monoisotopic (exact) mass is 543 g/mol. The van der Waals surface area contributed by atoms with Gasteiger partial charge in [-0.1, -0.05) is 78.5 Å². The largest absolute Gasteiger partial charge is 0.458 e. The Morgan fingerprint density at radius 2 is 1.34 bits per heavy atom. The molecular formula is C35H22BN3OS. The number of anilines is 6. The molecule has 0 radical (unpaired) electrons. The summed E-state index contributed by atoms with van der Waals surface area (Å²) in [6.45, 7) is 0.0577. The predicted molar refractivity (Wildman–Crippen MR) is 169 cm³/mol. The molecule has 4 heterocycles. The van der Waals surface area contributed by atoms with Crippen LogP contribution in [0.5, 0.6) is 11.5 Å². The van der Waals surface area contributed by atoms with Crippen LogP contribution in [-0.4, -0.2) is 11.7 Å². The Labute approximate surface area is 242 Å². The highest BCUT2D eigenvalue weighted by molar-refractivity contribution is 8.00. The van der Waals surface area contributed by atoms with Crippen LogP contribution >= 0.6 is 11.8 Å². The Hall–Kier alpha value is -4.94. The van der Waals surface area contributed by atoms with Gasteiger partial charge in [-0.25, -0.2) is 0 Å². The van der Waals surface area contributed by atoms with E-state index in [1.54, 1.807) is 0 Å². The van der Waals surface area contributed by atoms with Crippen molar-refractivity contribution in [3.63, 3.8) is 0 Å². The smallest absolute Gasteiger partial charge is 0.256 e. The SMILES string of the molecule is c1ccc(N2c3ccccc3Sc3c2cc2c4c3N(c3cccnc3)c3ccccc3B4c3ccccc3O2)cc1. The van der Waals surface area contributed by atoms with Crippen LogP contribution in [0.2, 0.25) is 0 Å². The van der Waals surface area contributed by atoms with E-state index in [0.717, 1.165) is 34.2 Å². The van der Waals surface area contributed by atoms with Gasteiger partial charge in [-0.15, -0.1) is 0 Å². The molecule has 0 unspecified atom stereocenters. The lowest BCUT2D eigenvalue weighted by atomic mass is 9.34. The molecule has 0 bridgehead atoms. The van der Waals surface area contributed by atoms with E-state index in [0.29, 0.717) is 0 Å². The van der Waals surface area contributed by atoms with Gasteiger partial charge in [-0.05, 0) is 64.9 Å². The van der Waals surface area contributed by atoms with Gasteiger partial charge in [-0.2, -0.15) is 0 Å². The zero-order valence-electron chi connectivity index (χ0n) is 21.9. The van der Waals surface area contributed by atoms with Crippen molar-refractivity contribution >= 4 is 69.0 Å². The van der Waals surface area contributed by atoms with E-state index >= 15 is 0 Å². The van der Waals surface area contributed by atoms with Crippen molar-refractivity contribution in [2.24, 2.45) is 0 Å². The lowest BCUT2D eigenvalue weighted by molar-refractivity contribution is 0.487. The highest BCUT2D eigenvalue weighted by atomic mass is 32.2. The molecule has 0 amide bonds. The first kappa shape index (κ1) is 22.8. The minimum absolute atomic E-state index is 0.0577. The molecule has 3 aliphatic rings. The van der Waals surface area contributed by atoms with Crippen LogP contribution in [0.25, 0.3) is 0 Å². The number of nitrogens with zero attached hydrogens (tertiary/aromatic N) is 3. The van der Waals surface area contributed by atoms with Gasteiger partial charge >= 0.3 is 0 Å². The van der Waals surface area contributed by atoms with Crippen LogP contribution in [-0.2, 0) is 0 Å². The van der Waals surface area contributed by atoms with Crippen molar-refractivity contribution in [3.8, 4) is 11.5 Å². The molecular weight excluding hydrogens is 521 g/mol. The summed E-state index contributed by atoms with van der Waals surface area (Å²) in [7, 11) is 0. The number of hydrogen-bond acceptors (Lipinski definition) is 5. The fourth-order valence-electron chi connectivity index (χ4n) is 6.52. The van der Waals surface area contributed by atoms with Crippen LogP contribution in [0.15, 0.2) is 144 Å². The van der Waals surface area contributed by atoms with Crippen molar-refractivity contribution in [3.05, 3.63) is 134 Å². The number of para-hydroxylation sites is 4. The van der Waals surface area contributed by atoms with Crippen LogP contribution < -0.4 is 30.9 Å². The number of hydrogen-bond donors (Lipinski definition) is 0. The molecule has 9 rings (SSSR count). The maximum Gasteiger partial charge on any atom is 0.256 e. The van der Waals surface area contributed by atoms with Crippen molar-refractivity contribution in [2.45, 2.75) is 9.79 Å². The fourth-order valence-corrected chi connectivity index (χ4v) is 7.71. The van der Waals surface area contributed by atoms with Crippen molar-refractivity contribution in [1.29, 1.82) is 0 Å². The van der Waals surface area contributed by atoms with E-state index in [4.69, 9.17) is 4.74 Å². The molecule has 0 aliphatic carbocycles. The molecule has 0 saturated carbocycles. The number of pyridine rings is 1. The molecule has 5 aromatic carbocycles. The van der Waals surface area contributed by atoms with Gasteiger partial charge in [0.05, 0.1) is 33.8 Å². The van der Waals surface area contributed by atoms with Gasteiger partial charge in [0.2, 0.25) is 0 Å². The highest BCUT2D eigenvalue weighted by Crippen LogP contribution is 2.57. The van der Waals surface area contributed by atoms with E-state index in [2.05, 4.69) is 130 Å². The van der Waals surface area contributed by atoms with Crippen LogP contribution in [0.4, 0.5) is 34.1 Å². The molecule has 4 nitrogen and oxygen atoms in total. The quantitative estimate of drug-likeness (QED) is 0.212. The summed E-state index contributed by atoms with van der Waals surface area (Å²) in [6, 6.07) is 42.9. The van der Waals surface area contributed by atoms with Gasteiger partial charge in [0.25, 0.3) is 6.71 Å². The molecule has 192 valence electrons. The van der Waals surface area contributed by atoms with Crippen molar-refractivity contribution < 1.29 is 4.74 Å². The third-order valence-corrected chi connectivity index (χ3v) is 9.34. The van der Waals surface area contributed by atoms with Crippen molar-refractivity contribution in [1.82, 2.24) is 4.98 Å². The summed E-state index contributed by atoms with van der Waals surface area (Å²) >= 11 is 1.84. The second kappa shape index (κ2) is 8.78. The summed E-state index contributed by atoms with van der Waals surface area (Å²) in [4.78, 5) is 11.7. The molecule has 6 aromatic rings. The second-order valence-corrected chi connectivity index (χ2v) is 11.5. The Morgan fingerprint density at radius 3 is 2.20 bits per heavy atom. The average molecular weight is 543 g/mol. The van der Waals surface area contributed by atoms with Gasteiger partial charge in [0.1, 0.15) is 11.5 Å². The first-order valence-corrected chi connectivity index (χ1v) is 14.6. The lowest BCUT2D eigenvalue weighted by Crippen LogP contribution is -2.59. The molecule has 41 heavy (non-hydrogen) atoms. The molecule has 1 aromatic heterocycles. The van der Waals surface area contributed by atoms with Crippen LogP contribution in [0.1, 0.15) is 0 Å². The Morgan fingerprint density at radius 1 is 0.610 bits per heavy atom. The zero-order chi connectivity index (χ0) is 26.9. The third-order valence-electron chi connectivity index (χ3n) is 8.16. The number of rotatable bonds is 2. The fraction of sp³-hybridized carbons (Fsp3) is 0. The van der Waals surface area contributed by atoms with Gasteiger partial charge in [-0.3, -0.25) is 4.98 Å². The number of benzene rings is 5. The van der Waals surface area contributed by atoms with E-state index in [-0.39, 0.29) is 6.71 Å². The molecule has 0 N–H and O–H groups in total. The second-order valence-electron chi connectivity index (χ2n) is 10.4. The molecule has 0 fully saturated rings. The van der Waals surface area contributed by atoms with Crippen LogP contribution in [0.3, 0.4) is 0 Å². The Kier molecular flexibility index (Phi) is 4.89. The third kappa shape index (κ3) is 3.28. The summed E-state index contributed by atoms with van der Waals surface area (Å²) in [5.74, 6) is 1.81.